The monoisotopic (exact) mass is 365 g/mol. The topological polar surface area (TPSA) is 101 Å². The number of aromatic amines is 1. The summed E-state index contributed by atoms with van der Waals surface area (Å²) >= 11 is 0. The Morgan fingerprint density at radius 3 is 2.44 bits per heavy atom. The number of aromatic nitrogens is 2. The average molecular weight is 365 g/mol. The van der Waals surface area contributed by atoms with Crippen molar-refractivity contribution in [1.29, 1.82) is 0 Å². The average Bonchev–Trinajstić information content (AvgIpc) is 2.68. The minimum atomic E-state index is -0.585. The lowest BCUT2D eigenvalue weighted by Gasteiger charge is -2.18. The van der Waals surface area contributed by atoms with E-state index in [2.05, 4.69) is 15.5 Å². The number of H-pyrrole nitrogens is 1. The molecule has 3 aromatic rings. The zero-order valence-corrected chi connectivity index (χ0v) is 15.0. The Morgan fingerprint density at radius 1 is 1.11 bits per heavy atom. The van der Waals surface area contributed by atoms with Crippen LogP contribution in [0.25, 0.3) is 10.8 Å². The first-order valence-electron chi connectivity index (χ1n) is 8.41. The van der Waals surface area contributed by atoms with Gasteiger partial charge >= 0.3 is 5.97 Å². The number of fused-ring (bicyclic) bond motifs is 1. The summed E-state index contributed by atoms with van der Waals surface area (Å²) in [5.41, 5.74) is 1.56. The smallest absolute Gasteiger partial charge is 0.307 e. The molecule has 0 fully saturated rings. The van der Waals surface area contributed by atoms with Gasteiger partial charge in [-0.1, -0.05) is 48.0 Å². The van der Waals surface area contributed by atoms with E-state index in [4.69, 9.17) is 4.74 Å². The number of hydrogen-bond donors (Lipinski definition) is 2. The first-order valence-corrected chi connectivity index (χ1v) is 8.41. The number of benzene rings is 2. The van der Waals surface area contributed by atoms with Crippen molar-refractivity contribution in [2.45, 2.75) is 19.4 Å². The van der Waals surface area contributed by atoms with Gasteiger partial charge in [0.25, 0.3) is 11.5 Å². The van der Waals surface area contributed by atoms with Crippen LogP contribution in [0.15, 0.2) is 53.3 Å². The number of nitrogens with zero attached hydrogens (tertiary/aromatic N) is 1. The molecule has 27 heavy (non-hydrogen) atoms. The zero-order valence-electron chi connectivity index (χ0n) is 15.0. The highest BCUT2D eigenvalue weighted by molar-refractivity contribution is 6.04. The SMILES string of the molecule is COC(=O)CC(NC(=O)c1n[nH]c(=O)c2ccccc12)c1ccc(C)cc1. The number of amides is 1. The molecule has 0 aliphatic heterocycles. The lowest BCUT2D eigenvalue weighted by Crippen LogP contribution is -2.32. The molecule has 0 spiro atoms. The summed E-state index contributed by atoms with van der Waals surface area (Å²) in [5, 5.41) is 9.88. The molecule has 0 radical (unpaired) electrons. The zero-order chi connectivity index (χ0) is 19.4. The van der Waals surface area contributed by atoms with Gasteiger partial charge in [-0.25, -0.2) is 5.10 Å². The predicted octanol–water partition coefficient (Wildman–Crippen LogP) is 2.27. The highest BCUT2D eigenvalue weighted by Crippen LogP contribution is 2.20. The van der Waals surface area contributed by atoms with Crippen LogP contribution < -0.4 is 10.9 Å². The van der Waals surface area contributed by atoms with Gasteiger partial charge in [0.1, 0.15) is 0 Å². The Kier molecular flexibility index (Phi) is 5.30. The van der Waals surface area contributed by atoms with Gasteiger partial charge in [0.05, 0.1) is 25.0 Å². The normalized spacial score (nSPS) is 11.8. The molecule has 1 unspecified atom stereocenters. The van der Waals surface area contributed by atoms with Gasteiger partial charge in [-0.2, -0.15) is 5.10 Å². The third kappa shape index (κ3) is 4.03. The lowest BCUT2D eigenvalue weighted by atomic mass is 10.0. The largest absolute Gasteiger partial charge is 0.469 e. The number of nitrogens with one attached hydrogen (secondary N) is 2. The second-order valence-corrected chi connectivity index (χ2v) is 6.16. The van der Waals surface area contributed by atoms with Crippen LogP contribution in [-0.2, 0) is 9.53 Å². The van der Waals surface area contributed by atoms with Crippen molar-refractivity contribution in [2.75, 3.05) is 7.11 Å². The minimum Gasteiger partial charge on any atom is -0.469 e. The molecule has 1 atom stereocenters. The van der Waals surface area contributed by atoms with Crippen LogP contribution in [0.4, 0.5) is 0 Å². The molecule has 7 heteroatoms. The number of methoxy groups -OCH3 is 1. The molecule has 1 aromatic heterocycles. The molecule has 0 saturated heterocycles. The number of hydrogen-bond acceptors (Lipinski definition) is 5. The number of esters is 1. The first kappa shape index (κ1) is 18.3. The fourth-order valence-electron chi connectivity index (χ4n) is 2.82. The molecular formula is C20H19N3O4. The summed E-state index contributed by atoms with van der Waals surface area (Å²) in [6.07, 6.45) is -0.0212. The Labute approximate surface area is 155 Å². The molecule has 0 saturated carbocycles. The number of carbonyl (C=O) groups excluding carboxylic acids is 2. The number of rotatable bonds is 5. The first-order chi connectivity index (χ1) is 13.0. The molecule has 0 aliphatic carbocycles. The van der Waals surface area contributed by atoms with E-state index in [1.54, 1.807) is 24.3 Å². The van der Waals surface area contributed by atoms with E-state index in [1.807, 2.05) is 31.2 Å². The third-order valence-electron chi connectivity index (χ3n) is 4.29. The van der Waals surface area contributed by atoms with Crippen molar-refractivity contribution in [3.8, 4) is 0 Å². The number of ether oxygens (including phenoxy) is 1. The summed E-state index contributed by atoms with van der Waals surface area (Å²) in [5.74, 6) is -0.933. The summed E-state index contributed by atoms with van der Waals surface area (Å²) in [6.45, 7) is 1.95. The predicted molar refractivity (Wildman–Crippen MR) is 100 cm³/mol. The van der Waals surface area contributed by atoms with Crippen molar-refractivity contribution in [2.24, 2.45) is 0 Å². The Balaban J connectivity index is 1.95. The van der Waals surface area contributed by atoms with E-state index in [9.17, 15) is 14.4 Å². The molecule has 2 aromatic carbocycles. The molecule has 138 valence electrons. The third-order valence-corrected chi connectivity index (χ3v) is 4.29. The molecule has 3 rings (SSSR count). The van der Waals surface area contributed by atoms with Crippen molar-refractivity contribution in [3.05, 3.63) is 75.7 Å². The van der Waals surface area contributed by atoms with Crippen molar-refractivity contribution in [1.82, 2.24) is 15.5 Å². The van der Waals surface area contributed by atoms with E-state index in [0.717, 1.165) is 11.1 Å². The van der Waals surface area contributed by atoms with Gasteiger partial charge < -0.3 is 10.1 Å². The fraction of sp³-hybridized carbons (Fsp3) is 0.200. The van der Waals surface area contributed by atoms with E-state index in [-0.39, 0.29) is 17.7 Å². The van der Waals surface area contributed by atoms with E-state index < -0.39 is 17.9 Å². The molecule has 7 nitrogen and oxygen atoms in total. The van der Waals surface area contributed by atoms with Crippen LogP contribution in [0.5, 0.6) is 0 Å². The molecule has 1 amide bonds. The van der Waals surface area contributed by atoms with E-state index >= 15 is 0 Å². The quantitative estimate of drug-likeness (QED) is 0.676. The van der Waals surface area contributed by atoms with Crippen LogP contribution in [0.3, 0.4) is 0 Å². The van der Waals surface area contributed by atoms with Gasteiger partial charge in [0.2, 0.25) is 0 Å². The second kappa shape index (κ2) is 7.82. The Hall–Kier alpha value is -3.48. The molecule has 2 N–H and O–H groups in total. The molecule has 0 bridgehead atoms. The maximum atomic E-state index is 12.8. The Morgan fingerprint density at radius 2 is 1.78 bits per heavy atom. The highest BCUT2D eigenvalue weighted by Gasteiger charge is 2.22. The van der Waals surface area contributed by atoms with E-state index in [1.165, 1.54) is 7.11 Å². The van der Waals surface area contributed by atoms with Gasteiger partial charge in [-0.3, -0.25) is 14.4 Å². The fourth-order valence-corrected chi connectivity index (χ4v) is 2.82. The molecule has 0 aliphatic rings. The van der Waals surface area contributed by atoms with Crippen LogP contribution >= 0.6 is 0 Å². The highest BCUT2D eigenvalue weighted by atomic mass is 16.5. The van der Waals surface area contributed by atoms with Gasteiger partial charge in [0, 0.05) is 5.39 Å². The minimum absolute atomic E-state index is 0.0212. The Bertz CT molecular complexity index is 1040. The van der Waals surface area contributed by atoms with Crippen molar-refractivity contribution < 1.29 is 14.3 Å². The maximum Gasteiger partial charge on any atom is 0.307 e. The number of carbonyl (C=O) groups is 2. The maximum absolute atomic E-state index is 12.8. The van der Waals surface area contributed by atoms with Crippen molar-refractivity contribution in [3.63, 3.8) is 0 Å². The summed E-state index contributed by atoms with van der Waals surface area (Å²) < 4.78 is 4.75. The van der Waals surface area contributed by atoms with Gasteiger partial charge in [-0.05, 0) is 18.6 Å². The van der Waals surface area contributed by atoms with Gasteiger partial charge in [-0.15, -0.1) is 0 Å². The summed E-state index contributed by atoms with van der Waals surface area (Å²) in [7, 11) is 1.30. The van der Waals surface area contributed by atoms with Crippen molar-refractivity contribution >= 4 is 22.6 Å². The summed E-state index contributed by atoms with van der Waals surface area (Å²) in [6, 6.07) is 13.6. The van der Waals surface area contributed by atoms with Gasteiger partial charge in [0.15, 0.2) is 5.69 Å². The van der Waals surface area contributed by atoms with Crippen LogP contribution in [0, 0.1) is 6.92 Å². The van der Waals surface area contributed by atoms with Crippen LogP contribution in [0.2, 0.25) is 0 Å². The lowest BCUT2D eigenvalue weighted by molar-refractivity contribution is -0.141. The molecule has 1 heterocycles. The summed E-state index contributed by atoms with van der Waals surface area (Å²) in [4.78, 5) is 36.5. The molecular weight excluding hydrogens is 346 g/mol. The standard InChI is InChI=1S/C20H19N3O4/c1-12-7-9-13(10-8-12)16(11-17(24)27-2)21-20(26)18-14-5-3-4-6-15(14)19(25)23-22-18/h3-10,16H,11H2,1-2H3,(H,21,26)(H,23,25). The second-order valence-electron chi connectivity index (χ2n) is 6.16. The van der Waals surface area contributed by atoms with Crippen LogP contribution in [-0.4, -0.2) is 29.2 Å². The number of aryl methyl sites for hydroxylation is 1. The van der Waals surface area contributed by atoms with E-state index in [0.29, 0.717) is 10.8 Å². The van der Waals surface area contributed by atoms with Crippen LogP contribution in [0.1, 0.15) is 34.1 Å².